The van der Waals surface area contributed by atoms with Gasteiger partial charge >= 0.3 is 0 Å². The minimum absolute atomic E-state index is 0.226. The van der Waals surface area contributed by atoms with E-state index in [4.69, 9.17) is 5.73 Å². The van der Waals surface area contributed by atoms with Crippen LogP contribution in [-0.2, 0) is 0 Å². The van der Waals surface area contributed by atoms with Gasteiger partial charge in [-0.2, -0.15) is 11.8 Å². The van der Waals surface area contributed by atoms with Crippen molar-refractivity contribution in [1.29, 1.82) is 0 Å². The minimum Gasteiger partial charge on any atom is -0.395 e. The van der Waals surface area contributed by atoms with Crippen LogP contribution in [0.2, 0.25) is 0 Å². The van der Waals surface area contributed by atoms with E-state index in [9.17, 15) is 4.39 Å². The third kappa shape index (κ3) is 1.95. The van der Waals surface area contributed by atoms with Crippen LogP contribution in [0.4, 0.5) is 15.8 Å². The summed E-state index contributed by atoms with van der Waals surface area (Å²) in [6, 6.07) is 5.31. The molecule has 1 aromatic rings. The summed E-state index contributed by atoms with van der Waals surface area (Å²) in [7, 11) is 0. The van der Waals surface area contributed by atoms with Crippen LogP contribution < -0.4 is 11.1 Å². The van der Waals surface area contributed by atoms with Crippen molar-refractivity contribution >= 4 is 23.1 Å². The van der Waals surface area contributed by atoms with Crippen LogP contribution in [0.25, 0.3) is 0 Å². The summed E-state index contributed by atoms with van der Waals surface area (Å²) in [6.07, 6.45) is 1.13. The first-order valence-electron chi connectivity index (χ1n) is 4.65. The lowest BCUT2D eigenvalue weighted by Gasteiger charge is -2.14. The third-order valence-electron chi connectivity index (χ3n) is 2.34. The highest BCUT2D eigenvalue weighted by Crippen LogP contribution is 2.26. The summed E-state index contributed by atoms with van der Waals surface area (Å²) in [5.41, 5.74) is 6.56. The molecule has 1 aliphatic heterocycles. The van der Waals surface area contributed by atoms with Gasteiger partial charge in [0.15, 0.2) is 0 Å². The summed E-state index contributed by atoms with van der Waals surface area (Å²) in [4.78, 5) is 0. The lowest BCUT2D eigenvalue weighted by Crippen LogP contribution is -2.19. The molecule has 14 heavy (non-hydrogen) atoms. The zero-order chi connectivity index (χ0) is 9.97. The maximum atomic E-state index is 13.1. The summed E-state index contributed by atoms with van der Waals surface area (Å²) >= 11 is 1.91. The van der Waals surface area contributed by atoms with Gasteiger partial charge in [0.1, 0.15) is 5.82 Å². The zero-order valence-electron chi connectivity index (χ0n) is 7.79. The Labute approximate surface area is 87.1 Å². The van der Waals surface area contributed by atoms with E-state index in [1.165, 1.54) is 11.8 Å². The number of benzene rings is 1. The SMILES string of the molecule is Nc1c(F)cccc1NC1CCSC1. The lowest BCUT2D eigenvalue weighted by molar-refractivity contribution is 0.632. The molecule has 76 valence electrons. The van der Waals surface area contributed by atoms with Gasteiger partial charge in [-0.25, -0.2) is 4.39 Å². The van der Waals surface area contributed by atoms with Gasteiger partial charge in [-0.15, -0.1) is 0 Å². The predicted molar refractivity (Wildman–Crippen MR) is 60.2 cm³/mol. The van der Waals surface area contributed by atoms with Gasteiger partial charge in [0, 0.05) is 11.8 Å². The number of thioether (sulfide) groups is 1. The average molecular weight is 212 g/mol. The molecule has 0 spiro atoms. The van der Waals surface area contributed by atoms with Gasteiger partial charge < -0.3 is 11.1 Å². The highest BCUT2D eigenvalue weighted by Gasteiger charge is 2.16. The number of anilines is 2. The fraction of sp³-hybridized carbons (Fsp3) is 0.400. The van der Waals surface area contributed by atoms with E-state index in [-0.39, 0.29) is 11.5 Å². The van der Waals surface area contributed by atoms with E-state index < -0.39 is 0 Å². The molecule has 2 nitrogen and oxygen atoms in total. The monoisotopic (exact) mass is 212 g/mol. The first kappa shape index (κ1) is 9.65. The van der Waals surface area contributed by atoms with Crippen molar-refractivity contribution in [3.05, 3.63) is 24.0 Å². The van der Waals surface area contributed by atoms with E-state index in [1.807, 2.05) is 17.8 Å². The van der Waals surface area contributed by atoms with Gasteiger partial charge in [0.25, 0.3) is 0 Å². The fourth-order valence-electron chi connectivity index (χ4n) is 1.53. The molecule has 2 rings (SSSR count). The lowest BCUT2D eigenvalue weighted by atomic mass is 10.2. The van der Waals surface area contributed by atoms with Crippen LogP contribution in [0.15, 0.2) is 18.2 Å². The summed E-state index contributed by atoms with van der Waals surface area (Å²) in [5.74, 6) is 1.91. The number of para-hydroxylation sites is 1. The second kappa shape index (κ2) is 4.09. The largest absolute Gasteiger partial charge is 0.395 e. The molecule has 0 bridgehead atoms. The molecule has 0 saturated carbocycles. The van der Waals surface area contributed by atoms with Crippen LogP contribution in [0, 0.1) is 5.82 Å². The molecule has 0 aliphatic carbocycles. The van der Waals surface area contributed by atoms with Gasteiger partial charge in [0.2, 0.25) is 0 Å². The normalized spacial score (nSPS) is 21.1. The Kier molecular flexibility index (Phi) is 2.82. The molecule has 0 radical (unpaired) electrons. The Morgan fingerprint density at radius 1 is 1.50 bits per heavy atom. The van der Waals surface area contributed by atoms with Crippen molar-refractivity contribution in [2.75, 3.05) is 22.6 Å². The molecule has 0 amide bonds. The molecule has 4 heteroatoms. The summed E-state index contributed by atoms with van der Waals surface area (Å²) in [6.45, 7) is 0. The summed E-state index contributed by atoms with van der Waals surface area (Å²) < 4.78 is 13.1. The quantitative estimate of drug-likeness (QED) is 0.739. The minimum atomic E-state index is -0.347. The van der Waals surface area contributed by atoms with Crippen molar-refractivity contribution in [3.8, 4) is 0 Å². The number of hydrogen-bond acceptors (Lipinski definition) is 3. The Balaban J connectivity index is 2.11. The van der Waals surface area contributed by atoms with Crippen LogP contribution in [0.1, 0.15) is 6.42 Å². The molecule has 0 aromatic heterocycles. The highest BCUT2D eigenvalue weighted by molar-refractivity contribution is 7.99. The molecular weight excluding hydrogens is 199 g/mol. The zero-order valence-corrected chi connectivity index (χ0v) is 8.61. The van der Waals surface area contributed by atoms with E-state index in [0.717, 1.165) is 17.9 Å². The first-order chi connectivity index (χ1) is 6.77. The number of nitrogens with two attached hydrogens (primary N) is 1. The van der Waals surface area contributed by atoms with Crippen LogP contribution in [-0.4, -0.2) is 17.5 Å². The van der Waals surface area contributed by atoms with Crippen LogP contribution in [0.3, 0.4) is 0 Å². The maximum Gasteiger partial charge on any atom is 0.148 e. The van der Waals surface area contributed by atoms with Crippen molar-refractivity contribution in [3.63, 3.8) is 0 Å². The highest BCUT2D eigenvalue weighted by atomic mass is 32.2. The molecule has 3 N–H and O–H groups in total. The van der Waals surface area contributed by atoms with Gasteiger partial charge in [0.05, 0.1) is 11.4 Å². The molecule has 1 heterocycles. The average Bonchev–Trinajstić information content (AvgIpc) is 2.66. The number of halogens is 1. The van der Waals surface area contributed by atoms with Crippen molar-refractivity contribution in [2.45, 2.75) is 12.5 Å². The Morgan fingerprint density at radius 3 is 3.07 bits per heavy atom. The molecule has 1 fully saturated rings. The van der Waals surface area contributed by atoms with E-state index in [1.54, 1.807) is 6.07 Å². The maximum absolute atomic E-state index is 13.1. The second-order valence-corrected chi connectivity index (χ2v) is 4.56. The van der Waals surface area contributed by atoms with Crippen LogP contribution in [0.5, 0.6) is 0 Å². The molecule has 1 unspecified atom stereocenters. The van der Waals surface area contributed by atoms with Crippen molar-refractivity contribution in [1.82, 2.24) is 0 Å². The van der Waals surface area contributed by atoms with Gasteiger partial charge in [-0.3, -0.25) is 0 Å². The number of rotatable bonds is 2. The Hall–Kier alpha value is -0.900. The standard InChI is InChI=1S/C10H13FN2S/c11-8-2-1-3-9(10(8)12)13-7-4-5-14-6-7/h1-3,7,13H,4-6,12H2. The van der Waals surface area contributed by atoms with Gasteiger partial charge in [-0.05, 0) is 24.3 Å². The van der Waals surface area contributed by atoms with E-state index in [0.29, 0.717) is 6.04 Å². The molecule has 1 aromatic carbocycles. The first-order valence-corrected chi connectivity index (χ1v) is 5.81. The van der Waals surface area contributed by atoms with Crippen molar-refractivity contribution < 1.29 is 4.39 Å². The molecule has 1 atom stereocenters. The number of nitrogens with one attached hydrogen (secondary N) is 1. The Morgan fingerprint density at radius 2 is 2.36 bits per heavy atom. The molecule has 1 saturated heterocycles. The van der Waals surface area contributed by atoms with E-state index in [2.05, 4.69) is 5.32 Å². The molecular formula is C10H13FN2S. The van der Waals surface area contributed by atoms with Crippen molar-refractivity contribution in [2.24, 2.45) is 0 Å². The van der Waals surface area contributed by atoms with Crippen LogP contribution >= 0.6 is 11.8 Å². The predicted octanol–water partition coefficient (Wildman–Crippen LogP) is 2.33. The second-order valence-electron chi connectivity index (χ2n) is 3.41. The topological polar surface area (TPSA) is 38.0 Å². The Bertz CT molecular complexity index is 324. The number of nitrogen functional groups attached to an aromatic ring is 1. The number of hydrogen-bond donors (Lipinski definition) is 2. The molecule has 1 aliphatic rings. The van der Waals surface area contributed by atoms with E-state index >= 15 is 0 Å². The summed E-state index contributed by atoms with van der Waals surface area (Å²) in [5, 5.41) is 3.26. The third-order valence-corrected chi connectivity index (χ3v) is 3.50. The fourth-order valence-corrected chi connectivity index (χ4v) is 2.68. The van der Waals surface area contributed by atoms with Gasteiger partial charge in [-0.1, -0.05) is 6.07 Å². The smallest absolute Gasteiger partial charge is 0.148 e.